The van der Waals surface area contributed by atoms with Crippen molar-refractivity contribution in [3.05, 3.63) is 48.0 Å². The van der Waals surface area contributed by atoms with Crippen LogP contribution < -0.4 is 14.8 Å². The highest BCUT2D eigenvalue weighted by molar-refractivity contribution is 7.22. The molecule has 0 radical (unpaired) electrons. The molecule has 0 fully saturated rings. The summed E-state index contributed by atoms with van der Waals surface area (Å²) in [6.45, 7) is 9.92. The van der Waals surface area contributed by atoms with Crippen molar-refractivity contribution in [1.82, 2.24) is 4.98 Å². The molecule has 1 aromatic heterocycles. The number of ether oxygens (including phenoxy) is 2. The summed E-state index contributed by atoms with van der Waals surface area (Å²) in [5, 5.41) is 3.51. The van der Waals surface area contributed by atoms with Crippen molar-refractivity contribution < 1.29 is 14.3 Å². The number of carbonyl (C=O) groups excluding carboxylic acids is 1. The fourth-order valence-corrected chi connectivity index (χ4v) is 3.95. The average Bonchev–Trinajstić information content (AvgIpc) is 3.12. The van der Waals surface area contributed by atoms with Crippen LogP contribution in [-0.2, 0) is 10.2 Å². The summed E-state index contributed by atoms with van der Waals surface area (Å²) < 4.78 is 12.5. The molecule has 5 nitrogen and oxygen atoms in total. The van der Waals surface area contributed by atoms with Crippen LogP contribution in [0.5, 0.6) is 11.5 Å². The number of hydrogen-bond acceptors (Lipinski definition) is 5. The molecule has 1 amide bonds. The van der Waals surface area contributed by atoms with Crippen LogP contribution in [0.1, 0.15) is 58.9 Å². The highest BCUT2D eigenvalue weighted by atomic mass is 32.1. The minimum Gasteiger partial charge on any atom is -0.494 e. The van der Waals surface area contributed by atoms with Gasteiger partial charge < -0.3 is 14.8 Å². The second-order valence-electron chi connectivity index (χ2n) is 8.63. The van der Waals surface area contributed by atoms with Gasteiger partial charge in [-0.3, -0.25) is 4.79 Å². The topological polar surface area (TPSA) is 60.5 Å². The predicted octanol–water partition coefficient (Wildman–Crippen LogP) is 6.57. The molecule has 6 heteroatoms. The molecular weight excluding hydrogens is 408 g/mol. The third-order valence-electron chi connectivity index (χ3n) is 4.91. The average molecular weight is 441 g/mol. The van der Waals surface area contributed by atoms with E-state index >= 15 is 0 Å². The van der Waals surface area contributed by atoms with Gasteiger partial charge in [-0.05, 0) is 54.2 Å². The maximum atomic E-state index is 12.3. The Hall–Kier alpha value is -2.60. The third kappa shape index (κ3) is 6.96. The number of anilines is 1. The van der Waals surface area contributed by atoms with Crippen LogP contribution in [0.4, 0.5) is 5.13 Å². The van der Waals surface area contributed by atoms with Gasteiger partial charge in [0.05, 0.1) is 23.4 Å². The fraction of sp³-hybridized carbons (Fsp3) is 0.440. The number of aromatic nitrogens is 1. The molecule has 31 heavy (non-hydrogen) atoms. The Kier molecular flexibility index (Phi) is 7.91. The number of thiazole rings is 1. The van der Waals surface area contributed by atoms with Gasteiger partial charge in [0.25, 0.3) is 0 Å². The van der Waals surface area contributed by atoms with Crippen molar-refractivity contribution in [2.75, 3.05) is 18.5 Å². The highest BCUT2D eigenvalue weighted by Crippen LogP contribution is 2.29. The molecule has 0 saturated heterocycles. The smallest absolute Gasteiger partial charge is 0.226 e. The number of nitrogens with zero attached hydrogens (tertiary/aromatic N) is 1. The zero-order valence-corrected chi connectivity index (χ0v) is 19.7. The van der Waals surface area contributed by atoms with Crippen LogP contribution >= 0.6 is 11.3 Å². The minimum absolute atomic E-state index is 0.0508. The number of benzene rings is 2. The largest absolute Gasteiger partial charge is 0.494 e. The maximum absolute atomic E-state index is 12.3. The van der Waals surface area contributed by atoms with Crippen molar-refractivity contribution in [3.8, 4) is 11.5 Å². The number of amides is 1. The van der Waals surface area contributed by atoms with Crippen LogP contribution in [0.25, 0.3) is 10.2 Å². The van der Waals surface area contributed by atoms with Crippen LogP contribution in [0.3, 0.4) is 0 Å². The molecule has 166 valence electrons. The van der Waals surface area contributed by atoms with Crippen molar-refractivity contribution in [2.45, 2.75) is 58.8 Å². The lowest BCUT2D eigenvalue weighted by molar-refractivity contribution is -0.116. The molecule has 0 atom stereocenters. The van der Waals surface area contributed by atoms with E-state index in [1.165, 1.54) is 16.9 Å². The van der Waals surface area contributed by atoms with Crippen molar-refractivity contribution in [2.24, 2.45) is 0 Å². The first-order valence-electron chi connectivity index (χ1n) is 10.9. The summed E-state index contributed by atoms with van der Waals surface area (Å²) >= 11 is 1.46. The lowest BCUT2D eigenvalue weighted by Gasteiger charge is -2.19. The molecule has 0 aliphatic rings. The van der Waals surface area contributed by atoms with Crippen LogP contribution in [-0.4, -0.2) is 24.1 Å². The van der Waals surface area contributed by atoms with E-state index in [0.29, 0.717) is 31.2 Å². The van der Waals surface area contributed by atoms with Gasteiger partial charge in [-0.25, -0.2) is 4.98 Å². The summed E-state index contributed by atoms with van der Waals surface area (Å²) in [5.41, 5.74) is 2.26. The SMILES string of the molecule is CCCCOc1ccc2nc(NC(=O)CCCOc3ccc(C(C)(C)C)cc3)sc2c1. The van der Waals surface area contributed by atoms with E-state index in [9.17, 15) is 4.79 Å². The summed E-state index contributed by atoms with van der Waals surface area (Å²) in [4.78, 5) is 16.8. The predicted molar refractivity (Wildman–Crippen MR) is 129 cm³/mol. The molecule has 2 aromatic carbocycles. The molecule has 0 aliphatic heterocycles. The van der Waals surface area contributed by atoms with Crippen molar-refractivity contribution in [1.29, 1.82) is 0 Å². The summed E-state index contributed by atoms with van der Waals surface area (Å²) in [5.74, 6) is 1.62. The Morgan fingerprint density at radius 3 is 2.39 bits per heavy atom. The molecule has 0 spiro atoms. The van der Waals surface area contributed by atoms with Gasteiger partial charge in [0.2, 0.25) is 5.91 Å². The zero-order chi connectivity index (χ0) is 22.3. The van der Waals surface area contributed by atoms with Crippen LogP contribution in [0, 0.1) is 0 Å². The molecule has 3 aromatic rings. The second-order valence-corrected chi connectivity index (χ2v) is 9.66. The fourth-order valence-electron chi connectivity index (χ4n) is 3.04. The Balaban J connectivity index is 1.43. The van der Waals surface area contributed by atoms with E-state index in [-0.39, 0.29) is 11.3 Å². The summed E-state index contributed by atoms with van der Waals surface area (Å²) in [6.07, 6.45) is 3.18. The van der Waals surface area contributed by atoms with E-state index in [1.807, 2.05) is 30.3 Å². The van der Waals surface area contributed by atoms with Gasteiger partial charge in [-0.2, -0.15) is 0 Å². The molecule has 1 N–H and O–H groups in total. The zero-order valence-electron chi connectivity index (χ0n) is 18.9. The molecule has 0 bridgehead atoms. The standard InChI is InChI=1S/C25H32N2O3S/c1-5-6-15-30-20-13-14-21-22(17-20)31-24(26-21)27-23(28)8-7-16-29-19-11-9-18(10-12-19)25(2,3)4/h9-14,17H,5-8,15-16H2,1-4H3,(H,26,27,28). The maximum Gasteiger partial charge on any atom is 0.226 e. The Morgan fingerprint density at radius 2 is 1.68 bits per heavy atom. The Labute approximate surface area is 188 Å². The summed E-state index contributed by atoms with van der Waals surface area (Å²) in [6, 6.07) is 14.0. The minimum atomic E-state index is -0.0508. The number of unbranched alkanes of at least 4 members (excludes halogenated alkanes) is 1. The van der Waals surface area contributed by atoms with E-state index in [1.54, 1.807) is 0 Å². The van der Waals surface area contributed by atoms with Gasteiger partial charge >= 0.3 is 0 Å². The second kappa shape index (κ2) is 10.6. The van der Waals surface area contributed by atoms with Crippen molar-refractivity contribution >= 4 is 32.6 Å². The molecule has 1 heterocycles. The first-order valence-corrected chi connectivity index (χ1v) is 11.7. The number of fused-ring (bicyclic) bond motifs is 1. The molecular formula is C25H32N2O3S. The monoisotopic (exact) mass is 440 g/mol. The lowest BCUT2D eigenvalue weighted by atomic mass is 9.87. The van der Waals surface area contributed by atoms with Crippen LogP contribution in [0.2, 0.25) is 0 Å². The molecule has 0 saturated carbocycles. The van der Waals surface area contributed by atoms with Gasteiger partial charge in [0.15, 0.2) is 5.13 Å². The number of hydrogen-bond donors (Lipinski definition) is 1. The third-order valence-corrected chi connectivity index (χ3v) is 5.84. The molecule has 0 aliphatic carbocycles. The van der Waals surface area contributed by atoms with E-state index in [0.717, 1.165) is 34.6 Å². The molecule has 0 unspecified atom stereocenters. The van der Waals surface area contributed by atoms with Gasteiger partial charge in [0, 0.05) is 6.42 Å². The molecule has 3 rings (SSSR count). The lowest BCUT2D eigenvalue weighted by Crippen LogP contribution is -2.13. The van der Waals surface area contributed by atoms with Crippen LogP contribution in [0.15, 0.2) is 42.5 Å². The Morgan fingerprint density at radius 1 is 1.00 bits per heavy atom. The summed E-state index contributed by atoms with van der Waals surface area (Å²) in [7, 11) is 0. The first kappa shape index (κ1) is 23.1. The Bertz CT molecular complexity index is 990. The normalized spacial score (nSPS) is 11.5. The van der Waals surface area contributed by atoms with Gasteiger partial charge in [-0.15, -0.1) is 0 Å². The van der Waals surface area contributed by atoms with Crippen molar-refractivity contribution in [3.63, 3.8) is 0 Å². The quantitative estimate of drug-likeness (QED) is 0.362. The first-order chi connectivity index (χ1) is 14.8. The van der Waals surface area contributed by atoms with Gasteiger partial charge in [-0.1, -0.05) is 57.6 Å². The van der Waals surface area contributed by atoms with E-state index in [2.05, 4.69) is 50.1 Å². The number of rotatable bonds is 10. The highest BCUT2D eigenvalue weighted by Gasteiger charge is 2.13. The van der Waals surface area contributed by atoms with E-state index in [4.69, 9.17) is 9.47 Å². The number of carbonyl (C=O) groups is 1. The van der Waals surface area contributed by atoms with Gasteiger partial charge in [0.1, 0.15) is 11.5 Å². The number of nitrogens with one attached hydrogen (secondary N) is 1. The van der Waals surface area contributed by atoms with E-state index < -0.39 is 0 Å².